The van der Waals surface area contributed by atoms with E-state index in [1.54, 1.807) is 48.5 Å². The van der Waals surface area contributed by atoms with Gasteiger partial charge in [-0.15, -0.1) is 0 Å². The van der Waals surface area contributed by atoms with Crippen LogP contribution in [0.15, 0.2) is 121 Å². The molecule has 2 aliphatic heterocycles. The van der Waals surface area contributed by atoms with Gasteiger partial charge in [-0.3, -0.25) is 0 Å². The number of carboxylic acids is 4. The molecule has 1 radical (unpaired) electrons. The number of aromatic nitrogens is 4. The number of nitrogens with one attached hydrogen (secondary N) is 2. The first kappa shape index (κ1) is 39.7. The summed E-state index contributed by atoms with van der Waals surface area (Å²) in [7, 11) is 0. The Morgan fingerprint density at radius 1 is 0.377 bits per heavy atom. The van der Waals surface area contributed by atoms with Crippen molar-refractivity contribution in [2.75, 3.05) is 0 Å². The van der Waals surface area contributed by atoms with Gasteiger partial charge < -0.3 is 40.0 Å². The summed E-state index contributed by atoms with van der Waals surface area (Å²) in [6.45, 7) is 0. The van der Waals surface area contributed by atoms with E-state index >= 15 is 0 Å². The van der Waals surface area contributed by atoms with E-state index in [4.69, 9.17) is 9.97 Å². The molecule has 0 saturated heterocycles. The van der Waals surface area contributed by atoms with Gasteiger partial charge >= 0.3 is 29.0 Å². The van der Waals surface area contributed by atoms with Crippen molar-refractivity contribution in [3.63, 3.8) is 0 Å². The smallest absolute Gasteiger partial charge is 0.545 e. The molecule has 13 heteroatoms. The Labute approximate surface area is 356 Å². The number of carbonyl (C=O) groups is 4. The van der Waals surface area contributed by atoms with Gasteiger partial charge in [-0.25, -0.2) is 19.6 Å². The summed E-state index contributed by atoms with van der Waals surface area (Å²) < 4.78 is 0. The van der Waals surface area contributed by atoms with Crippen LogP contribution in [0.2, 0.25) is 0 Å². The summed E-state index contributed by atoms with van der Waals surface area (Å²) in [4.78, 5) is 64.5. The zero-order valence-corrected chi connectivity index (χ0v) is 32.3. The van der Waals surface area contributed by atoms with Crippen LogP contribution in [0.3, 0.4) is 0 Å². The fourth-order valence-corrected chi connectivity index (χ4v) is 7.53. The third kappa shape index (κ3) is 7.42. The summed E-state index contributed by atoms with van der Waals surface area (Å²) >= 11 is 0. The van der Waals surface area contributed by atoms with Crippen LogP contribution >= 0.6 is 0 Å². The van der Waals surface area contributed by atoms with E-state index < -0.39 is 23.9 Å². The molecule has 0 saturated carbocycles. The van der Waals surface area contributed by atoms with E-state index in [1.165, 1.54) is 48.5 Å². The van der Waals surface area contributed by atoms with Crippen molar-refractivity contribution in [1.29, 1.82) is 0 Å². The average Bonchev–Trinajstić information content (AvgIpc) is 4.10. The Hall–Kier alpha value is -8.12. The Balaban J connectivity index is 0.00000514. The average molecular weight is 852 g/mol. The fraction of sp³-hybridized carbons (Fsp3) is 0. The molecule has 7 aromatic rings. The molecule has 9 rings (SSSR count). The summed E-state index contributed by atoms with van der Waals surface area (Å²) in [6, 6.07) is 33.0. The summed E-state index contributed by atoms with van der Waals surface area (Å²) in [6.07, 6.45) is 7.40. The largest absolute Gasteiger partial charge is 2.00 e. The first-order chi connectivity index (χ1) is 29.0. The van der Waals surface area contributed by atoms with Gasteiger partial charge in [0.15, 0.2) is 0 Å². The van der Waals surface area contributed by atoms with Crippen molar-refractivity contribution in [1.82, 2.24) is 19.9 Å². The molecule has 0 unspecified atom stereocenters. The minimum absolute atomic E-state index is 0. The zero-order chi connectivity index (χ0) is 41.7. The van der Waals surface area contributed by atoms with Crippen LogP contribution in [-0.4, -0.2) is 54.0 Å². The predicted molar refractivity (Wildman–Crippen MR) is 223 cm³/mol. The van der Waals surface area contributed by atoms with Crippen LogP contribution in [0, 0.1) is 0 Å². The van der Waals surface area contributed by atoms with Crippen molar-refractivity contribution in [3.05, 3.63) is 166 Å². The number of aromatic amines is 2. The van der Waals surface area contributed by atoms with E-state index in [0.717, 1.165) is 0 Å². The molecule has 0 fully saturated rings. The van der Waals surface area contributed by atoms with Crippen molar-refractivity contribution in [2.45, 2.75) is 0 Å². The molecule has 3 aromatic heterocycles. The second-order valence-electron chi connectivity index (χ2n) is 14.0. The molecule has 4 aromatic carbocycles. The van der Waals surface area contributed by atoms with Crippen LogP contribution < -0.4 is 10.2 Å². The number of carboxylic acid groups (broad SMARTS) is 4. The topological polar surface area (TPSA) is 212 Å². The molecule has 0 aliphatic carbocycles. The Morgan fingerprint density at radius 3 is 0.820 bits per heavy atom. The third-order valence-electron chi connectivity index (χ3n) is 10.4. The molecular weight excluding hydrogens is 824 g/mol. The van der Waals surface area contributed by atoms with E-state index in [2.05, 4.69) is 9.97 Å². The molecule has 299 valence electrons. The number of fused-ring (bicyclic) bond motifs is 8. The first-order valence-electron chi connectivity index (χ1n) is 18.5. The summed E-state index contributed by atoms with van der Waals surface area (Å²) in [5.74, 6) is -4.78. The molecule has 0 amide bonds. The normalized spacial score (nSPS) is 11.5. The molecule has 0 spiro atoms. The van der Waals surface area contributed by atoms with Crippen molar-refractivity contribution in [3.8, 4) is 44.5 Å². The molecule has 2 aliphatic rings. The van der Waals surface area contributed by atoms with E-state index in [1.807, 2.05) is 48.6 Å². The van der Waals surface area contributed by atoms with E-state index in [0.29, 0.717) is 89.4 Å². The SMILES string of the molecule is O=C([O-])c1ccc(-c2c3nc(c(-c4ccc(C(=O)O)cc4)c4ccc([nH]4)c(-c4ccc(C(=O)O)cc4)c4nc(c(-c5ccc(C(=O)[O-])cc5)c5ccc2[nH]5)C=C4)C=C3)cc1.[Cu+2]. The van der Waals surface area contributed by atoms with E-state index in [-0.39, 0.29) is 39.3 Å². The van der Waals surface area contributed by atoms with Gasteiger partial charge in [0.1, 0.15) is 0 Å². The van der Waals surface area contributed by atoms with Crippen molar-refractivity contribution < 1.29 is 56.7 Å². The van der Waals surface area contributed by atoms with Gasteiger partial charge in [-0.1, -0.05) is 72.8 Å². The van der Waals surface area contributed by atoms with Crippen LogP contribution in [-0.2, 0) is 17.1 Å². The molecule has 12 nitrogen and oxygen atoms in total. The molecule has 5 heterocycles. The minimum atomic E-state index is -1.32. The van der Waals surface area contributed by atoms with Gasteiger partial charge in [0.2, 0.25) is 0 Å². The Bertz CT molecular complexity index is 2760. The minimum Gasteiger partial charge on any atom is -0.545 e. The van der Waals surface area contributed by atoms with Crippen molar-refractivity contribution >= 4 is 70.2 Å². The third-order valence-corrected chi connectivity index (χ3v) is 10.4. The van der Waals surface area contributed by atoms with Crippen LogP contribution in [0.5, 0.6) is 0 Å². The second-order valence-corrected chi connectivity index (χ2v) is 14.0. The number of carbonyl (C=O) groups excluding carboxylic acids is 2. The maximum Gasteiger partial charge on any atom is 2.00 e. The number of hydrogen-bond donors (Lipinski definition) is 4. The van der Waals surface area contributed by atoms with E-state index in [9.17, 15) is 39.6 Å². The monoisotopic (exact) mass is 851 g/mol. The Morgan fingerprint density at radius 2 is 0.607 bits per heavy atom. The van der Waals surface area contributed by atoms with Crippen LogP contribution in [0.25, 0.3) is 90.9 Å². The summed E-state index contributed by atoms with van der Waals surface area (Å²) in [5, 5.41) is 42.8. The standard InChI is InChI=1S/C48H30N4O8.Cu/c53-45(54)29-9-1-25(2-10-29)41-33-17-19-35(49-33)42(26-3-11-30(12-4-26)46(55)56)37-21-23-39(51-37)44(28-7-15-32(16-8-28)48(59)60)40-24-22-38(52-40)43(36-20-18-34(41)50-36)27-5-13-31(14-6-27)47(57)58;/h1-24,49,52H,(H,53,54)(H,55,56)(H,57,58)(H,59,60);/q;+2/p-2. The van der Waals surface area contributed by atoms with Gasteiger partial charge in [-0.05, 0) is 106 Å². The predicted octanol–water partition coefficient (Wildman–Crippen LogP) is 7.44. The number of nitrogens with zero attached hydrogens (tertiary/aromatic N) is 2. The quantitative estimate of drug-likeness (QED) is 0.111. The van der Waals surface area contributed by atoms with Gasteiger partial charge in [0.25, 0.3) is 0 Å². The maximum atomic E-state index is 11.8. The van der Waals surface area contributed by atoms with Gasteiger partial charge in [-0.2, -0.15) is 0 Å². The van der Waals surface area contributed by atoms with Crippen LogP contribution in [0.1, 0.15) is 64.2 Å². The molecule has 61 heavy (non-hydrogen) atoms. The zero-order valence-electron chi connectivity index (χ0n) is 31.4. The van der Waals surface area contributed by atoms with Crippen LogP contribution in [0.4, 0.5) is 0 Å². The fourth-order valence-electron chi connectivity index (χ4n) is 7.53. The molecule has 4 N–H and O–H groups in total. The second kappa shape index (κ2) is 15.9. The molecule has 0 atom stereocenters. The number of aromatic carboxylic acids is 4. The first-order valence-corrected chi connectivity index (χ1v) is 18.5. The number of rotatable bonds is 8. The van der Waals surface area contributed by atoms with Crippen molar-refractivity contribution in [2.24, 2.45) is 0 Å². The number of benzene rings is 4. The summed E-state index contributed by atoms with van der Waals surface area (Å²) in [5.41, 5.74) is 10.1. The molecular formula is C48H28CuN4O8. The Kier molecular flexibility index (Phi) is 10.4. The number of hydrogen-bond acceptors (Lipinski definition) is 8. The molecule has 8 bridgehead atoms. The van der Waals surface area contributed by atoms with Gasteiger partial charge in [0, 0.05) is 44.3 Å². The van der Waals surface area contributed by atoms with Gasteiger partial charge in [0.05, 0.1) is 45.8 Å². The number of H-pyrrole nitrogens is 2. The maximum absolute atomic E-state index is 11.8.